The molecular formula is C47H43IN5O2+. The Hall–Kier alpha value is -5.87. The predicted octanol–water partition coefficient (Wildman–Crippen LogP) is 10.5. The van der Waals surface area contributed by atoms with Crippen LogP contribution in [0.3, 0.4) is 0 Å². The zero-order valence-electron chi connectivity index (χ0n) is 31.5. The Morgan fingerprint density at radius 1 is 0.491 bits per heavy atom. The Morgan fingerprint density at radius 2 is 0.855 bits per heavy atom. The van der Waals surface area contributed by atoms with Gasteiger partial charge in [0.15, 0.2) is 0 Å². The van der Waals surface area contributed by atoms with E-state index in [-0.39, 0.29) is 32.4 Å². The van der Waals surface area contributed by atoms with Gasteiger partial charge in [0.05, 0.1) is 5.56 Å². The van der Waals surface area contributed by atoms with Gasteiger partial charge in [0, 0.05) is 41.9 Å². The second-order valence-corrected chi connectivity index (χ2v) is 17.9. The molecule has 0 unspecified atom stereocenters. The zero-order valence-corrected chi connectivity index (χ0v) is 33.6. The van der Waals surface area contributed by atoms with Crippen molar-refractivity contribution in [1.82, 2.24) is 4.98 Å². The van der Waals surface area contributed by atoms with E-state index in [1.807, 2.05) is 97.1 Å². The molecule has 0 aliphatic rings. The van der Waals surface area contributed by atoms with Gasteiger partial charge in [0.2, 0.25) is 17.7 Å². The molecule has 7 aromatic rings. The molecule has 1 heterocycles. The number of halogens is 1. The van der Waals surface area contributed by atoms with Crippen LogP contribution in [0, 0.1) is 16.2 Å². The van der Waals surface area contributed by atoms with E-state index in [1.54, 1.807) is 0 Å². The summed E-state index contributed by atoms with van der Waals surface area (Å²) in [4.78, 5) is 3.54. The van der Waals surface area contributed by atoms with Crippen molar-refractivity contribution in [1.29, 1.82) is 16.2 Å². The quantitative estimate of drug-likeness (QED) is 0.0474. The summed E-state index contributed by atoms with van der Waals surface area (Å²) in [5, 5.41) is 33.9. The van der Waals surface area contributed by atoms with Gasteiger partial charge < -0.3 is 14.5 Å². The maximum atomic E-state index is 8.55. The Balaban J connectivity index is 1.04. The molecule has 6 N–H and O–H groups in total. The molecule has 0 amide bonds. The highest BCUT2D eigenvalue weighted by Gasteiger charge is 2.19. The SMILES string of the molecule is CC(C)(C)c1ccc(C(=N)OC(=N)c2ccc(-c3ccc4[nH]c5ccc(-c6ccc(C(=N)OC(=[NH2+])c7ccc(C(C)(C)I)cc7)cc6)cc5c4c3)cc2)cc1. The molecule has 0 spiro atoms. The van der Waals surface area contributed by atoms with E-state index in [0.29, 0.717) is 16.7 Å². The molecule has 7 rings (SSSR count). The fourth-order valence-electron chi connectivity index (χ4n) is 6.48. The van der Waals surface area contributed by atoms with Crippen LogP contribution in [0.1, 0.15) is 68.0 Å². The van der Waals surface area contributed by atoms with Crippen molar-refractivity contribution in [2.45, 2.75) is 43.5 Å². The first-order valence-electron chi connectivity index (χ1n) is 18.1. The van der Waals surface area contributed by atoms with Gasteiger partial charge in [-0.2, -0.15) is 0 Å². The number of fused-ring (bicyclic) bond motifs is 3. The van der Waals surface area contributed by atoms with Crippen molar-refractivity contribution in [3.63, 3.8) is 0 Å². The van der Waals surface area contributed by atoms with Crippen molar-refractivity contribution in [2.24, 2.45) is 0 Å². The first-order chi connectivity index (χ1) is 26.1. The van der Waals surface area contributed by atoms with Crippen LogP contribution in [0.25, 0.3) is 44.1 Å². The number of alkyl halides is 1. The van der Waals surface area contributed by atoms with Gasteiger partial charge in [-0.05, 0) is 125 Å². The molecule has 0 aliphatic heterocycles. The third kappa shape index (κ3) is 8.15. The van der Waals surface area contributed by atoms with Crippen LogP contribution in [0.15, 0.2) is 133 Å². The summed E-state index contributed by atoms with van der Waals surface area (Å²) < 4.78 is 11.4. The van der Waals surface area contributed by atoms with Gasteiger partial charge in [0.25, 0.3) is 0 Å². The molecule has 6 aromatic carbocycles. The van der Waals surface area contributed by atoms with E-state index < -0.39 is 0 Å². The Kier molecular flexibility index (Phi) is 10.0. The molecule has 8 heteroatoms. The Labute approximate surface area is 334 Å². The maximum Gasteiger partial charge on any atom is 0.373 e. The number of aromatic nitrogens is 1. The highest BCUT2D eigenvalue weighted by Crippen LogP contribution is 2.34. The zero-order chi connectivity index (χ0) is 39.1. The van der Waals surface area contributed by atoms with Crippen LogP contribution in [0.2, 0.25) is 0 Å². The number of ether oxygens (including phenoxy) is 2. The summed E-state index contributed by atoms with van der Waals surface area (Å²) in [5.74, 6) is 0.0501. The van der Waals surface area contributed by atoms with Crippen molar-refractivity contribution >= 4 is 68.0 Å². The first kappa shape index (κ1) is 37.4. The fourth-order valence-corrected chi connectivity index (χ4v) is 6.84. The summed E-state index contributed by atoms with van der Waals surface area (Å²) >= 11 is 2.41. The molecule has 0 saturated heterocycles. The molecule has 7 nitrogen and oxygen atoms in total. The number of aromatic amines is 1. The Morgan fingerprint density at radius 3 is 1.27 bits per heavy atom. The molecule has 0 bridgehead atoms. The second-order valence-electron chi connectivity index (χ2n) is 15.2. The van der Waals surface area contributed by atoms with Gasteiger partial charge in [-0.1, -0.05) is 104 Å². The Bertz CT molecular complexity index is 2410. The van der Waals surface area contributed by atoms with Crippen LogP contribution in [-0.4, -0.2) is 28.6 Å². The van der Waals surface area contributed by atoms with E-state index in [4.69, 9.17) is 31.1 Å². The molecule has 0 radical (unpaired) electrons. The highest BCUT2D eigenvalue weighted by atomic mass is 127. The predicted molar refractivity (Wildman–Crippen MR) is 234 cm³/mol. The summed E-state index contributed by atoms with van der Waals surface area (Å²) in [6.07, 6.45) is 0. The van der Waals surface area contributed by atoms with E-state index in [9.17, 15) is 0 Å². The van der Waals surface area contributed by atoms with E-state index in [0.717, 1.165) is 49.6 Å². The topological polar surface area (TPSA) is 131 Å². The second kappa shape index (κ2) is 14.8. The molecule has 1 aromatic heterocycles. The lowest BCUT2D eigenvalue weighted by Crippen LogP contribution is -2.43. The average molecular weight is 837 g/mol. The van der Waals surface area contributed by atoms with Crippen molar-refractivity contribution in [3.05, 3.63) is 167 Å². The van der Waals surface area contributed by atoms with Crippen LogP contribution < -0.4 is 5.41 Å². The van der Waals surface area contributed by atoms with Crippen LogP contribution in [-0.2, 0) is 18.3 Å². The van der Waals surface area contributed by atoms with Crippen LogP contribution >= 0.6 is 22.6 Å². The summed E-state index contributed by atoms with van der Waals surface area (Å²) in [7, 11) is 0. The summed E-state index contributed by atoms with van der Waals surface area (Å²) in [5.41, 5.74) is 11.2. The first-order valence-corrected chi connectivity index (χ1v) is 19.1. The standard InChI is InChI=1S/C47H42IN5O2/c1-46(2,3)36-20-14-32(15-21-36)44(51)54-42(49)30-10-6-28(7-11-30)34-18-24-40-38(26-34)39-27-35(19-25-41(39)53-40)29-8-12-31(13-9-29)43(50)55-45(52)33-16-22-37(23-17-33)47(4,5)48/h6-27,49-53H,1-5H3/p+1. The third-order valence-corrected chi connectivity index (χ3v) is 10.5. The molecule has 0 aliphatic carbocycles. The summed E-state index contributed by atoms with van der Waals surface area (Å²) in [6.45, 7) is 10.7. The van der Waals surface area contributed by atoms with Crippen molar-refractivity contribution in [3.8, 4) is 22.3 Å². The lowest BCUT2D eigenvalue weighted by Gasteiger charge is -2.19. The van der Waals surface area contributed by atoms with Gasteiger partial charge >= 0.3 is 5.90 Å². The van der Waals surface area contributed by atoms with Gasteiger partial charge in [-0.15, -0.1) is 0 Å². The summed E-state index contributed by atoms with van der Waals surface area (Å²) in [6, 6.07) is 43.8. The van der Waals surface area contributed by atoms with Gasteiger partial charge in [-0.25, -0.2) is 5.41 Å². The molecule has 0 fully saturated rings. The van der Waals surface area contributed by atoms with Crippen molar-refractivity contribution in [2.75, 3.05) is 0 Å². The molecule has 0 atom stereocenters. The van der Waals surface area contributed by atoms with E-state index >= 15 is 0 Å². The smallest absolute Gasteiger partial charge is 0.373 e. The van der Waals surface area contributed by atoms with Crippen LogP contribution in [0.4, 0.5) is 0 Å². The fraction of sp³-hybridized carbons (Fsp3) is 0.149. The monoisotopic (exact) mass is 836 g/mol. The van der Waals surface area contributed by atoms with Gasteiger partial charge in [0.1, 0.15) is 0 Å². The molecular weight excluding hydrogens is 793 g/mol. The van der Waals surface area contributed by atoms with E-state index in [2.05, 4.69) is 98.6 Å². The minimum atomic E-state index is -0.0717. The highest BCUT2D eigenvalue weighted by molar-refractivity contribution is 14.1. The largest absolute Gasteiger partial charge is 0.421 e. The lowest BCUT2D eigenvalue weighted by atomic mass is 9.87. The maximum absolute atomic E-state index is 8.55. The number of H-pyrrole nitrogens is 1. The average Bonchev–Trinajstić information content (AvgIpc) is 3.54. The number of nitrogens with two attached hydrogens (primary N) is 1. The van der Waals surface area contributed by atoms with Crippen LogP contribution in [0.5, 0.6) is 0 Å². The molecule has 274 valence electrons. The molecule has 0 saturated carbocycles. The number of hydrogen-bond donors (Lipinski definition) is 5. The van der Waals surface area contributed by atoms with Crippen molar-refractivity contribution < 1.29 is 14.9 Å². The number of nitrogens with one attached hydrogen (secondary N) is 4. The normalized spacial score (nSPS) is 11.7. The van der Waals surface area contributed by atoms with Gasteiger partial charge in [-0.3, -0.25) is 16.2 Å². The number of rotatable bonds is 7. The lowest BCUT2D eigenvalue weighted by molar-refractivity contribution is -0.130. The third-order valence-electron chi connectivity index (χ3n) is 9.84. The number of benzene rings is 6. The number of hydrogen-bond acceptors (Lipinski definition) is 5. The van der Waals surface area contributed by atoms with E-state index in [1.165, 1.54) is 11.1 Å². The minimum Gasteiger partial charge on any atom is -0.421 e. The molecule has 55 heavy (non-hydrogen) atoms. The minimum absolute atomic E-state index is 0.00779.